The summed E-state index contributed by atoms with van der Waals surface area (Å²) in [6.07, 6.45) is 9.44. The second-order valence-corrected chi connectivity index (χ2v) is 8.06. The van der Waals surface area contributed by atoms with Gasteiger partial charge in [-0.3, -0.25) is 4.98 Å². The van der Waals surface area contributed by atoms with Crippen molar-refractivity contribution in [3.63, 3.8) is 0 Å². The van der Waals surface area contributed by atoms with E-state index in [1.165, 1.54) is 23.3 Å². The fourth-order valence-electron chi connectivity index (χ4n) is 3.50. The Labute approximate surface area is 170 Å². The van der Waals surface area contributed by atoms with E-state index in [0.717, 1.165) is 37.1 Å². The summed E-state index contributed by atoms with van der Waals surface area (Å²) >= 11 is 0. The zero-order chi connectivity index (χ0) is 20.5. The number of nitrogens with zero attached hydrogens (tertiary/aromatic N) is 1. The first-order chi connectivity index (χ1) is 13.4. The van der Waals surface area contributed by atoms with Gasteiger partial charge < -0.3 is 5.32 Å². The molecule has 1 heterocycles. The molecule has 152 valence electrons. The average Bonchev–Trinajstić information content (AvgIpc) is 2.67. The number of nitrogens with one attached hydrogen (secondary N) is 1. The van der Waals surface area contributed by atoms with E-state index < -0.39 is 0 Å². The average molecular weight is 383 g/mol. The van der Waals surface area contributed by atoms with E-state index in [0.29, 0.717) is 11.8 Å². The number of halogens is 1. The number of pyridine rings is 1. The van der Waals surface area contributed by atoms with Crippen LogP contribution in [0.3, 0.4) is 0 Å². The van der Waals surface area contributed by atoms with Gasteiger partial charge in [-0.05, 0) is 93.3 Å². The molecule has 0 bridgehead atoms. The molecule has 1 N–H and O–H groups in total. The summed E-state index contributed by atoms with van der Waals surface area (Å²) in [6.45, 7) is 12.0. The van der Waals surface area contributed by atoms with Crippen molar-refractivity contribution < 1.29 is 4.39 Å². The number of aryl methyl sites for hydroxylation is 3. The Morgan fingerprint density at radius 2 is 1.82 bits per heavy atom. The van der Waals surface area contributed by atoms with Crippen LogP contribution in [0.5, 0.6) is 0 Å². The van der Waals surface area contributed by atoms with Crippen LogP contribution in [0.4, 0.5) is 4.39 Å². The number of hydrogen-bond acceptors (Lipinski definition) is 2. The van der Waals surface area contributed by atoms with E-state index in [-0.39, 0.29) is 11.9 Å². The molecule has 2 atom stereocenters. The van der Waals surface area contributed by atoms with Crippen molar-refractivity contribution in [2.75, 3.05) is 6.54 Å². The zero-order valence-electron chi connectivity index (χ0n) is 18.0. The normalized spacial score (nSPS) is 14.0. The van der Waals surface area contributed by atoms with Gasteiger partial charge in [0, 0.05) is 12.2 Å². The van der Waals surface area contributed by atoms with Gasteiger partial charge in [-0.25, -0.2) is 4.39 Å². The van der Waals surface area contributed by atoms with Crippen molar-refractivity contribution in [1.82, 2.24) is 10.3 Å². The summed E-state index contributed by atoms with van der Waals surface area (Å²) in [5.41, 5.74) is 4.78. The summed E-state index contributed by atoms with van der Waals surface area (Å²) < 4.78 is 13.0. The van der Waals surface area contributed by atoms with Gasteiger partial charge in [0.1, 0.15) is 5.82 Å². The summed E-state index contributed by atoms with van der Waals surface area (Å²) in [6, 6.07) is 9.20. The summed E-state index contributed by atoms with van der Waals surface area (Å²) in [5.74, 6) is 1.10. The third-order valence-electron chi connectivity index (χ3n) is 5.50. The Hall–Kier alpha value is -2.00. The number of aromatic nitrogens is 1. The van der Waals surface area contributed by atoms with Crippen LogP contribution < -0.4 is 5.32 Å². The second kappa shape index (κ2) is 11.1. The molecule has 0 spiro atoms. The van der Waals surface area contributed by atoms with Crippen LogP contribution in [0.15, 0.2) is 48.7 Å². The Morgan fingerprint density at radius 3 is 2.43 bits per heavy atom. The highest BCUT2D eigenvalue weighted by molar-refractivity contribution is 5.28. The quantitative estimate of drug-likeness (QED) is 0.495. The first-order valence-corrected chi connectivity index (χ1v) is 10.5. The monoisotopic (exact) mass is 382 g/mol. The maximum Gasteiger partial charge on any atom is 0.123 e. The lowest BCUT2D eigenvalue weighted by molar-refractivity contribution is 0.410. The van der Waals surface area contributed by atoms with Crippen LogP contribution in [0.1, 0.15) is 62.5 Å². The smallest absolute Gasteiger partial charge is 0.123 e. The van der Waals surface area contributed by atoms with Gasteiger partial charge in [0.05, 0.1) is 5.69 Å². The van der Waals surface area contributed by atoms with Gasteiger partial charge in [0.15, 0.2) is 0 Å². The van der Waals surface area contributed by atoms with Gasteiger partial charge in [0.25, 0.3) is 0 Å². The van der Waals surface area contributed by atoms with Crippen molar-refractivity contribution >= 4 is 0 Å². The molecule has 3 heteroatoms. The predicted molar refractivity (Wildman–Crippen MR) is 117 cm³/mol. The van der Waals surface area contributed by atoms with E-state index in [1.807, 2.05) is 18.3 Å². The van der Waals surface area contributed by atoms with Gasteiger partial charge in [0.2, 0.25) is 0 Å². The Balaban J connectivity index is 1.88. The molecule has 28 heavy (non-hydrogen) atoms. The molecule has 0 radical (unpaired) electrons. The SMILES string of the molecule is C/C=C\C(CCNC(C)c1cc(C)c(CCc2ccc(F)cc2)cn1)C(C)C. The minimum atomic E-state index is -0.183. The molecule has 0 saturated heterocycles. The standard InChI is InChI=1S/C25H35FN2/c1-6-7-22(18(2)3)14-15-27-20(5)25-16-19(4)23(17-28-25)11-8-21-9-12-24(26)13-10-21/h6-7,9-10,12-13,16-18,20,22,27H,8,11,14-15H2,1-5H3/b7-6-. The molecule has 0 fully saturated rings. The van der Waals surface area contributed by atoms with E-state index in [9.17, 15) is 4.39 Å². The van der Waals surface area contributed by atoms with Crippen LogP contribution in [-0.4, -0.2) is 11.5 Å². The Kier molecular flexibility index (Phi) is 8.85. The highest BCUT2D eigenvalue weighted by Crippen LogP contribution is 2.19. The van der Waals surface area contributed by atoms with Crippen LogP contribution >= 0.6 is 0 Å². The van der Waals surface area contributed by atoms with Gasteiger partial charge in [-0.15, -0.1) is 0 Å². The number of allylic oxidation sites excluding steroid dienone is 2. The third-order valence-corrected chi connectivity index (χ3v) is 5.50. The lowest BCUT2D eigenvalue weighted by Gasteiger charge is -2.20. The Morgan fingerprint density at radius 1 is 1.11 bits per heavy atom. The molecule has 0 saturated carbocycles. The molecule has 0 amide bonds. The largest absolute Gasteiger partial charge is 0.309 e. The fourth-order valence-corrected chi connectivity index (χ4v) is 3.50. The molecule has 0 aliphatic rings. The molecule has 2 rings (SSSR count). The lowest BCUT2D eigenvalue weighted by atomic mass is 9.92. The number of hydrogen-bond donors (Lipinski definition) is 1. The van der Waals surface area contributed by atoms with Crippen molar-refractivity contribution in [2.45, 2.75) is 59.9 Å². The van der Waals surface area contributed by atoms with Crippen LogP contribution in [0.2, 0.25) is 0 Å². The van der Waals surface area contributed by atoms with Crippen molar-refractivity contribution in [3.8, 4) is 0 Å². The summed E-state index contributed by atoms with van der Waals surface area (Å²) in [7, 11) is 0. The predicted octanol–water partition coefficient (Wildman–Crippen LogP) is 6.20. The minimum Gasteiger partial charge on any atom is -0.309 e. The summed E-state index contributed by atoms with van der Waals surface area (Å²) in [5, 5.41) is 3.62. The molecule has 1 aromatic heterocycles. The molecule has 2 nitrogen and oxygen atoms in total. The fraction of sp³-hybridized carbons (Fsp3) is 0.480. The van der Waals surface area contributed by atoms with E-state index >= 15 is 0 Å². The molecule has 2 aromatic rings. The molecule has 2 unspecified atom stereocenters. The minimum absolute atomic E-state index is 0.183. The van der Waals surface area contributed by atoms with Crippen molar-refractivity contribution in [1.29, 1.82) is 0 Å². The molecule has 1 aromatic carbocycles. The van der Waals surface area contributed by atoms with Crippen LogP contribution in [0.25, 0.3) is 0 Å². The first-order valence-electron chi connectivity index (χ1n) is 10.5. The number of benzene rings is 1. The van der Waals surface area contributed by atoms with E-state index in [4.69, 9.17) is 4.98 Å². The molecular formula is C25H35FN2. The van der Waals surface area contributed by atoms with Crippen LogP contribution in [0, 0.1) is 24.6 Å². The first kappa shape index (κ1) is 22.3. The zero-order valence-corrected chi connectivity index (χ0v) is 18.0. The molecule has 0 aliphatic carbocycles. The highest BCUT2D eigenvalue weighted by Gasteiger charge is 2.12. The van der Waals surface area contributed by atoms with Gasteiger partial charge in [-0.2, -0.15) is 0 Å². The Bertz CT molecular complexity index is 750. The number of rotatable bonds is 10. The maximum atomic E-state index is 13.0. The highest BCUT2D eigenvalue weighted by atomic mass is 19.1. The van der Waals surface area contributed by atoms with E-state index in [1.54, 1.807) is 0 Å². The van der Waals surface area contributed by atoms with Gasteiger partial charge in [-0.1, -0.05) is 38.1 Å². The van der Waals surface area contributed by atoms with Crippen molar-refractivity contribution in [2.24, 2.45) is 11.8 Å². The van der Waals surface area contributed by atoms with Crippen molar-refractivity contribution in [3.05, 3.63) is 76.9 Å². The maximum absolute atomic E-state index is 13.0. The molecule has 0 aliphatic heterocycles. The summed E-state index contributed by atoms with van der Waals surface area (Å²) in [4.78, 5) is 4.70. The second-order valence-electron chi connectivity index (χ2n) is 8.06. The molecular weight excluding hydrogens is 347 g/mol. The van der Waals surface area contributed by atoms with E-state index in [2.05, 4.69) is 58.2 Å². The topological polar surface area (TPSA) is 24.9 Å². The van der Waals surface area contributed by atoms with Crippen LogP contribution in [-0.2, 0) is 12.8 Å². The van der Waals surface area contributed by atoms with Gasteiger partial charge >= 0.3 is 0 Å². The third kappa shape index (κ3) is 6.87. The lowest BCUT2D eigenvalue weighted by Crippen LogP contribution is -2.23.